The van der Waals surface area contributed by atoms with Crippen molar-refractivity contribution in [1.29, 1.82) is 0 Å². The van der Waals surface area contributed by atoms with Gasteiger partial charge in [-0.25, -0.2) is 19.7 Å². The van der Waals surface area contributed by atoms with Crippen LogP contribution < -0.4 is 5.32 Å². The summed E-state index contributed by atoms with van der Waals surface area (Å²) in [6, 6.07) is 0.354. The Labute approximate surface area is 107 Å². The number of carboxylic acids is 1. The molecule has 2 heterocycles. The molecule has 0 fully saturated rings. The summed E-state index contributed by atoms with van der Waals surface area (Å²) in [6.45, 7) is 0. The number of nitrogens with one attached hydrogen (secondary N) is 2. The van der Waals surface area contributed by atoms with Crippen molar-refractivity contribution in [1.82, 2.24) is 25.3 Å². The lowest BCUT2D eigenvalue weighted by molar-refractivity contribution is -0.139. The van der Waals surface area contributed by atoms with Crippen LogP contribution >= 0.6 is 0 Å². The zero-order valence-corrected chi connectivity index (χ0v) is 9.78. The molecule has 2 rings (SSSR count). The first-order valence-corrected chi connectivity index (χ1v) is 5.43. The first-order valence-electron chi connectivity index (χ1n) is 5.43. The fraction of sp³-hybridized carbons (Fsp3) is 0.182. The van der Waals surface area contributed by atoms with Crippen molar-refractivity contribution in [3.05, 3.63) is 42.5 Å². The normalized spacial score (nSPS) is 11.8. The quantitative estimate of drug-likeness (QED) is 0.675. The number of aromatic nitrogens is 4. The van der Waals surface area contributed by atoms with Crippen molar-refractivity contribution in [3.63, 3.8) is 0 Å². The smallest absolute Gasteiger partial charge is 0.326 e. The van der Waals surface area contributed by atoms with Gasteiger partial charge in [-0.1, -0.05) is 0 Å². The molecule has 8 heteroatoms. The monoisotopic (exact) mass is 261 g/mol. The number of amides is 1. The highest BCUT2D eigenvalue weighted by Crippen LogP contribution is 2.00. The van der Waals surface area contributed by atoms with Gasteiger partial charge in [0.15, 0.2) is 0 Å². The van der Waals surface area contributed by atoms with Crippen LogP contribution in [0.1, 0.15) is 16.2 Å². The highest BCUT2D eigenvalue weighted by atomic mass is 16.4. The van der Waals surface area contributed by atoms with Gasteiger partial charge < -0.3 is 15.4 Å². The number of hydrogen-bond acceptors (Lipinski definition) is 5. The first-order chi connectivity index (χ1) is 9.16. The largest absolute Gasteiger partial charge is 0.480 e. The first kappa shape index (κ1) is 12.7. The van der Waals surface area contributed by atoms with Crippen LogP contribution in [0.5, 0.6) is 0 Å². The minimum Gasteiger partial charge on any atom is -0.480 e. The third-order valence-electron chi connectivity index (χ3n) is 2.40. The van der Waals surface area contributed by atoms with E-state index < -0.39 is 17.9 Å². The van der Waals surface area contributed by atoms with Crippen molar-refractivity contribution in [2.75, 3.05) is 0 Å². The molecule has 0 saturated heterocycles. The number of aromatic amines is 1. The molecule has 2 aromatic heterocycles. The Hall–Kier alpha value is -2.77. The third kappa shape index (κ3) is 3.35. The van der Waals surface area contributed by atoms with Crippen molar-refractivity contribution < 1.29 is 14.7 Å². The Morgan fingerprint density at radius 2 is 2.26 bits per heavy atom. The second-order valence-corrected chi connectivity index (χ2v) is 3.74. The molecule has 98 valence electrons. The van der Waals surface area contributed by atoms with Gasteiger partial charge in [0.25, 0.3) is 5.91 Å². The van der Waals surface area contributed by atoms with Crippen LogP contribution in [0.4, 0.5) is 0 Å². The van der Waals surface area contributed by atoms with Crippen LogP contribution in [0.3, 0.4) is 0 Å². The lowest BCUT2D eigenvalue weighted by Gasteiger charge is -2.13. The number of carbonyl (C=O) groups is 2. The van der Waals surface area contributed by atoms with Crippen LogP contribution in [-0.2, 0) is 11.2 Å². The van der Waals surface area contributed by atoms with Gasteiger partial charge in [-0.2, -0.15) is 0 Å². The van der Waals surface area contributed by atoms with E-state index >= 15 is 0 Å². The maximum absolute atomic E-state index is 11.8. The number of aliphatic carboxylic acids is 1. The predicted molar refractivity (Wildman–Crippen MR) is 63.2 cm³/mol. The van der Waals surface area contributed by atoms with E-state index in [-0.39, 0.29) is 12.1 Å². The lowest BCUT2D eigenvalue weighted by atomic mass is 10.1. The van der Waals surface area contributed by atoms with Gasteiger partial charge in [0, 0.05) is 24.5 Å². The maximum Gasteiger partial charge on any atom is 0.326 e. The summed E-state index contributed by atoms with van der Waals surface area (Å²) >= 11 is 0. The molecule has 8 nitrogen and oxygen atoms in total. The zero-order chi connectivity index (χ0) is 13.7. The summed E-state index contributed by atoms with van der Waals surface area (Å²) in [5, 5.41) is 11.5. The third-order valence-corrected chi connectivity index (χ3v) is 2.40. The predicted octanol–water partition coefficient (Wildman–Crippen LogP) is -0.375. The fourth-order valence-electron chi connectivity index (χ4n) is 1.47. The van der Waals surface area contributed by atoms with Crippen LogP contribution in [0, 0.1) is 0 Å². The summed E-state index contributed by atoms with van der Waals surface area (Å²) < 4.78 is 0. The minimum absolute atomic E-state index is 0.117. The fourth-order valence-corrected chi connectivity index (χ4v) is 1.47. The van der Waals surface area contributed by atoms with Crippen molar-refractivity contribution in [2.24, 2.45) is 0 Å². The van der Waals surface area contributed by atoms with E-state index in [0.29, 0.717) is 5.69 Å². The van der Waals surface area contributed by atoms with Crippen molar-refractivity contribution in [3.8, 4) is 0 Å². The maximum atomic E-state index is 11.8. The molecule has 1 amide bonds. The number of nitrogens with zero attached hydrogens (tertiary/aromatic N) is 3. The summed E-state index contributed by atoms with van der Waals surface area (Å²) in [5.41, 5.74) is 0.737. The minimum atomic E-state index is -1.13. The number of hydrogen-bond donors (Lipinski definition) is 3. The van der Waals surface area contributed by atoms with Crippen LogP contribution in [0.15, 0.2) is 31.1 Å². The van der Waals surface area contributed by atoms with E-state index in [1.807, 2.05) is 0 Å². The Kier molecular flexibility index (Phi) is 3.81. The Balaban J connectivity index is 2.05. The van der Waals surface area contributed by atoms with Crippen LogP contribution in [0.25, 0.3) is 0 Å². The molecular weight excluding hydrogens is 250 g/mol. The number of carboxylic acid groups (broad SMARTS) is 1. The van der Waals surface area contributed by atoms with E-state index in [9.17, 15) is 9.59 Å². The second kappa shape index (κ2) is 5.71. The van der Waals surface area contributed by atoms with Crippen LogP contribution in [-0.4, -0.2) is 43.0 Å². The van der Waals surface area contributed by atoms with Gasteiger partial charge in [0.2, 0.25) is 0 Å². The number of rotatable bonds is 5. The Morgan fingerprint density at radius 1 is 1.42 bits per heavy atom. The molecule has 0 unspecified atom stereocenters. The summed E-state index contributed by atoms with van der Waals surface area (Å²) in [4.78, 5) is 36.9. The van der Waals surface area contributed by atoms with E-state index in [1.165, 1.54) is 31.1 Å². The Morgan fingerprint density at radius 3 is 2.84 bits per heavy atom. The molecular formula is C11H11N5O3. The van der Waals surface area contributed by atoms with E-state index in [4.69, 9.17) is 5.11 Å². The molecule has 1 atom stereocenters. The summed E-state index contributed by atoms with van der Waals surface area (Å²) in [5.74, 6) is -1.69. The number of H-pyrrole nitrogens is 1. The van der Waals surface area contributed by atoms with Crippen molar-refractivity contribution >= 4 is 11.9 Å². The average Bonchev–Trinajstić information content (AvgIpc) is 2.91. The van der Waals surface area contributed by atoms with E-state index in [1.54, 1.807) is 0 Å². The van der Waals surface area contributed by atoms with Crippen LogP contribution in [0.2, 0.25) is 0 Å². The highest BCUT2D eigenvalue weighted by Gasteiger charge is 2.22. The molecule has 0 saturated carbocycles. The number of carbonyl (C=O) groups excluding carboxylic acids is 1. The number of imidazole rings is 1. The van der Waals surface area contributed by atoms with E-state index in [0.717, 1.165) is 0 Å². The molecule has 0 radical (unpaired) electrons. The lowest BCUT2D eigenvalue weighted by Crippen LogP contribution is -2.42. The molecule has 0 bridgehead atoms. The zero-order valence-electron chi connectivity index (χ0n) is 9.78. The van der Waals surface area contributed by atoms with Gasteiger partial charge in [-0.05, 0) is 6.07 Å². The second-order valence-electron chi connectivity index (χ2n) is 3.74. The molecule has 0 aromatic carbocycles. The molecule has 19 heavy (non-hydrogen) atoms. The SMILES string of the molecule is O=C(N[C@@H](Cc1cnc[nH]1)C(=O)O)c1ccncn1. The van der Waals surface area contributed by atoms with Crippen molar-refractivity contribution in [2.45, 2.75) is 12.5 Å². The summed E-state index contributed by atoms with van der Waals surface area (Å²) in [6.07, 6.45) is 5.70. The Bertz CT molecular complexity index is 555. The van der Waals surface area contributed by atoms with Gasteiger partial charge in [-0.3, -0.25) is 4.79 Å². The molecule has 0 spiro atoms. The summed E-state index contributed by atoms with van der Waals surface area (Å²) in [7, 11) is 0. The molecule has 3 N–H and O–H groups in total. The van der Waals surface area contributed by atoms with E-state index in [2.05, 4.69) is 25.3 Å². The van der Waals surface area contributed by atoms with Gasteiger partial charge >= 0.3 is 5.97 Å². The molecule has 0 aliphatic heterocycles. The van der Waals surface area contributed by atoms with Gasteiger partial charge in [0.05, 0.1) is 6.33 Å². The average molecular weight is 261 g/mol. The topological polar surface area (TPSA) is 121 Å². The van der Waals surface area contributed by atoms with Gasteiger partial charge in [-0.15, -0.1) is 0 Å². The molecule has 0 aliphatic carbocycles. The standard InChI is InChI=1S/C11H11N5O3/c17-10(8-1-2-12-5-15-8)16-9(11(18)19)3-7-4-13-6-14-7/h1-2,4-6,9H,3H2,(H,13,14)(H,16,17)(H,18,19)/t9-/m0/s1. The molecule has 0 aliphatic rings. The molecule has 2 aromatic rings. The highest BCUT2D eigenvalue weighted by molar-refractivity contribution is 5.94. The van der Waals surface area contributed by atoms with Gasteiger partial charge in [0.1, 0.15) is 18.1 Å².